The van der Waals surface area contributed by atoms with Crippen LogP contribution in [0.25, 0.3) is 0 Å². The van der Waals surface area contributed by atoms with Gasteiger partial charge in [-0.05, 0) is 63.2 Å². The predicted octanol–water partition coefficient (Wildman–Crippen LogP) is 4.03. The lowest BCUT2D eigenvalue weighted by molar-refractivity contribution is -0.352. The molecule has 0 aromatic heterocycles. The van der Waals surface area contributed by atoms with Crippen LogP contribution >= 0.6 is 0 Å². The molecule has 214 valence electrons. The molecule has 1 atom stereocenters. The largest absolute Gasteiger partial charge is 0.468 e. The summed E-state index contributed by atoms with van der Waals surface area (Å²) < 4.78 is 139. The van der Waals surface area contributed by atoms with Gasteiger partial charge in [0.25, 0.3) is 0 Å². The smallest absolute Gasteiger partial charge is 0.461 e. The Balaban J connectivity index is 1.81. The van der Waals surface area contributed by atoms with Crippen LogP contribution in [-0.4, -0.2) is 66.9 Å². The summed E-state index contributed by atoms with van der Waals surface area (Å²) in [7, 11) is -6.67. The molecule has 1 amide bonds. The summed E-state index contributed by atoms with van der Waals surface area (Å²) in [5.74, 6) is -11.9. The number of hydrogen-bond acceptors (Lipinski definition) is 7. The van der Waals surface area contributed by atoms with Gasteiger partial charge in [0, 0.05) is 12.0 Å². The van der Waals surface area contributed by atoms with Crippen molar-refractivity contribution in [1.82, 2.24) is 5.32 Å². The lowest BCUT2D eigenvalue weighted by Crippen LogP contribution is -2.64. The first kappa shape index (κ1) is 29.7. The summed E-state index contributed by atoms with van der Waals surface area (Å²) >= 11 is 0. The Morgan fingerprint density at radius 2 is 1.46 bits per heavy atom. The van der Waals surface area contributed by atoms with Crippen LogP contribution < -0.4 is 5.32 Å². The molecule has 0 aromatic rings. The first-order chi connectivity index (χ1) is 16.8. The zero-order valence-electron chi connectivity index (χ0n) is 19.5. The Morgan fingerprint density at radius 3 is 1.86 bits per heavy atom. The van der Waals surface area contributed by atoms with E-state index in [9.17, 15) is 48.7 Å². The van der Waals surface area contributed by atoms with Gasteiger partial charge in [-0.15, -0.1) is 0 Å². The summed E-state index contributed by atoms with van der Waals surface area (Å²) in [6.45, 7) is -1.67. The Kier molecular flexibility index (Phi) is 7.78. The van der Waals surface area contributed by atoms with Gasteiger partial charge in [-0.3, -0.25) is 4.55 Å². The van der Waals surface area contributed by atoms with Crippen molar-refractivity contribution < 1.29 is 67.5 Å². The third kappa shape index (κ3) is 5.62. The number of alkyl halides is 7. The second-order valence-corrected chi connectivity index (χ2v) is 11.3. The Labute approximate surface area is 207 Å². The van der Waals surface area contributed by atoms with Crippen LogP contribution in [0.15, 0.2) is 0 Å². The second-order valence-electron chi connectivity index (χ2n) is 9.84. The molecule has 0 radical (unpaired) electrons. The number of hydrogen-bond donors (Lipinski definition) is 2. The van der Waals surface area contributed by atoms with Gasteiger partial charge in [-0.1, -0.05) is 0 Å². The molecule has 9 nitrogen and oxygen atoms in total. The first-order valence-corrected chi connectivity index (χ1v) is 12.8. The lowest BCUT2D eigenvalue weighted by atomic mass is 9.53. The maximum absolute atomic E-state index is 14.0. The minimum Gasteiger partial charge on any atom is -0.461 e. The maximum atomic E-state index is 14.0. The van der Waals surface area contributed by atoms with Crippen LogP contribution in [-0.2, 0) is 29.1 Å². The van der Waals surface area contributed by atoms with Gasteiger partial charge in [0.05, 0.1) is 13.2 Å². The minimum atomic E-state index is -6.67. The van der Waals surface area contributed by atoms with Crippen LogP contribution in [0.5, 0.6) is 0 Å². The van der Waals surface area contributed by atoms with Crippen molar-refractivity contribution in [1.29, 1.82) is 0 Å². The summed E-state index contributed by atoms with van der Waals surface area (Å²) in [6.07, 6.45) is -5.98. The SMILES string of the molecule is CCOC(=O)C(OCCC(F)(F)C(F)(F)S(=O)(=O)O)(OC(=O)NC12CC3CC(CC(C3)C1)C2)C(F)(F)F. The van der Waals surface area contributed by atoms with Gasteiger partial charge in [-0.2, -0.15) is 39.2 Å². The van der Waals surface area contributed by atoms with Gasteiger partial charge in [0.1, 0.15) is 0 Å². The van der Waals surface area contributed by atoms with E-state index in [1.807, 2.05) is 0 Å². The van der Waals surface area contributed by atoms with Gasteiger partial charge in [0.15, 0.2) is 0 Å². The van der Waals surface area contributed by atoms with Gasteiger partial charge in [0.2, 0.25) is 0 Å². The molecule has 4 bridgehead atoms. The summed E-state index contributed by atoms with van der Waals surface area (Å²) in [4.78, 5) is 24.9. The van der Waals surface area contributed by atoms with E-state index in [0.717, 1.165) is 26.2 Å². The third-order valence-corrected chi connectivity index (χ3v) is 7.98. The highest BCUT2D eigenvalue weighted by Crippen LogP contribution is 2.55. The van der Waals surface area contributed by atoms with E-state index in [4.69, 9.17) is 4.55 Å². The van der Waals surface area contributed by atoms with Crippen LogP contribution in [0.3, 0.4) is 0 Å². The zero-order valence-corrected chi connectivity index (χ0v) is 20.3. The first-order valence-electron chi connectivity index (χ1n) is 11.4. The Hall–Kier alpha value is -1.88. The van der Waals surface area contributed by atoms with E-state index < -0.39 is 70.5 Å². The molecular formula is C20H26F7NO8S. The standard InChI is InChI=1S/C20H26F7NO8S/c1-2-34-14(29)18(19(23,24)25,35-4-3-17(21,22)20(26,27)37(31,32)33)36-15(30)28-16-8-11-5-12(9-16)7-13(6-11)10-16/h11-13H,2-10H2,1H3,(H,28,30)(H,31,32,33). The van der Waals surface area contributed by atoms with Crippen molar-refractivity contribution in [2.24, 2.45) is 17.8 Å². The predicted molar refractivity (Wildman–Crippen MR) is 108 cm³/mol. The average Bonchev–Trinajstić information content (AvgIpc) is 2.69. The van der Waals surface area contributed by atoms with Crippen LogP contribution in [0.4, 0.5) is 35.5 Å². The Bertz CT molecular complexity index is 968. The highest BCUT2D eigenvalue weighted by atomic mass is 32.2. The number of halogens is 7. The fraction of sp³-hybridized carbons (Fsp3) is 0.900. The number of esters is 1. The number of alkyl carbamates (subject to hydrolysis) is 1. The van der Waals surface area contributed by atoms with Crippen LogP contribution in [0.1, 0.15) is 51.9 Å². The van der Waals surface area contributed by atoms with E-state index >= 15 is 0 Å². The molecule has 4 fully saturated rings. The normalized spacial score (nSPS) is 29.5. The van der Waals surface area contributed by atoms with Crippen LogP contribution in [0.2, 0.25) is 0 Å². The molecule has 17 heteroatoms. The highest BCUT2D eigenvalue weighted by molar-refractivity contribution is 7.87. The fourth-order valence-electron chi connectivity index (χ4n) is 5.91. The Morgan fingerprint density at radius 1 is 0.973 bits per heavy atom. The monoisotopic (exact) mass is 573 g/mol. The number of amides is 1. The zero-order chi connectivity index (χ0) is 28.1. The van der Waals surface area contributed by atoms with Gasteiger partial charge >= 0.3 is 45.3 Å². The number of carbonyl (C=O) groups excluding carboxylic acids is 2. The van der Waals surface area contributed by atoms with E-state index in [1.54, 1.807) is 0 Å². The molecule has 4 saturated carbocycles. The average molecular weight is 573 g/mol. The summed E-state index contributed by atoms with van der Waals surface area (Å²) in [6, 6.07) is 0. The maximum Gasteiger partial charge on any atom is 0.468 e. The number of carbonyl (C=O) groups is 2. The minimum absolute atomic E-state index is 0.243. The van der Waals surface area contributed by atoms with E-state index in [-0.39, 0.29) is 17.8 Å². The molecule has 4 aliphatic rings. The molecular weight excluding hydrogens is 547 g/mol. The van der Waals surface area contributed by atoms with Crippen LogP contribution in [0, 0.1) is 17.8 Å². The molecule has 4 rings (SSSR count). The van der Waals surface area contributed by atoms with E-state index in [2.05, 4.69) is 19.5 Å². The summed E-state index contributed by atoms with van der Waals surface area (Å²) in [5, 5.41) is -3.72. The molecule has 0 heterocycles. The molecule has 0 aliphatic heterocycles. The third-order valence-electron chi connectivity index (χ3n) is 7.03. The number of nitrogens with one attached hydrogen (secondary N) is 1. The van der Waals surface area contributed by atoms with Crippen molar-refractivity contribution in [3.8, 4) is 0 Å². The fourth-order valence-corrected chi connectivity index (χ4v) is 6.38. The lowest BCUT2D eigenvalue weighted by Gasteiger charge is -2.56. The van der Waals surface area contributed by atoms with Crippen molar-refractivity contribution in [2.75, 3.05) is 13.2 Å². The van der Waals surface area contributed by atoms with Crippen molar-refractivity contribution in [3.63, 3.8) is 0 Å². The highest BCUT2D eigenvalue weighted by Gasteiger charge is 2.70. The molecule has 2 N–H and O–H groups in total. The van der Waals surface area contributed by atoms with Crippen molar-refractivity contribution in [3.05, 3.63) is 0 Å². The summed E-state index contributed by atoms with van der Waals surface area (Å²) in [5.41, 5.74) is -0.900. The molecule has 0 aromatic carbocycles. The van der Waals surface area contributed by atoms with Crippen molar-refractivity contribution in [2.45, 2.75) is 80.5 Å². The quantitative estimate of drug-likeness (QED) is 0.174. The van der Waals surface area contributed by atoms with Crippen molar-refractivity contribution >= 4 is 22.2 Å². The molecule has 0 spiro atoms. The topological polar surface area (TPSA) is 128 Å². The molecule has 4 aliphatic carbocycles. The molecule has 0 saturated heterocycles. The van der Waals surface area contributed by atoms with Gasteiger partial charge in [-0.25, -0.2) is 9.59 Å². The van der Waals surface area contributed by atoms with Gasteiger partial charge < -0.3 is 19.5 Å². The number of rotatable bonds is 10. The van der Waals surface area contributed by atoms with E-state index in [0.29, 0.717) is 19.3 Å². The molecule has 37 heavy (non-hydrogen) atoms. The van der Waals surface area contributed by atoms with E-state index in [1.165, 1.54) is 0 Å². The second kappa shape index (κ2) is 9.70. The molecule has 1 unspecified atom stereocenters. The number of ether oxygens (including phenoxy) is 3.